The first kappa shape index (κ1) is 32.8. The van der Waals surface area contributed by atoms with Gasteiger partial charge in [-0.2, -0.15) is 5.10 Å². The minimum absolute atomic E-state index is 0. The number of aromatic nitrogens is 3. The molecule has 1 amide bonds. The number of carbonyl (C=O) groups is 3. The van der Waals surface area contributed by atoms with E-state index in [4.69, 9.17) is 10.5 Å². The highest BCUT2D eigenvalue weighted by atomic mass is 19.1. The van der Waals surface area contributed by atoms with Crippen molar-refractivity contribution in [3.63, 3.8) is 0 Å². The number of halogens is 2. The molecule has 12 heteroatoms. The van der Waals surface area contributed by atoms with Crippen molar-refractivity contribution in [3.8, 4) is 0 Å². The van der Waals surface area contributed by atoms with Crippen molar-refractivity contribution in [2.75, 3.05) is 0 Å². The van der Waals surface area contributed by atoms with Crippen LogP contribution in [0.4, 0.5) is 8.78 Å². The fraction of sp³-hybridized carbons (Fsp3) is 0.323. The first-order valence-electron chi connectivity index (χ1n) is 13.2. The molecule has 1 aliphatic rings. The van der Waals surface area contributed by atoms with Gasteiger partial charge < -0.3 is 20.9 Å². The lowest BCUT2D eigenvalue weighted by molar-refractivity contribution is 0.00682. The van der Waals surface area contributed by atoms with Gasteiger partial charge in [0.15, 0.2) is 17.2 Å². The van der Waals surface area contributed by atoms with E-state index >= 15 is 0 Å². The number of carboxylic acid groups (broad SMARTS) is 1. The summed E-state index contributed by atoms with van der Waals surface area (Å²) in [5, 5.41) is 16.0. The zero-order valence-electron chi connectivity index (χ0n) is 23.6. The van der Waals surface area contributed by atoms with Crippen LogP contribution in [0.5, 0.6) is 0 Å². The molecule has 0 unspecified atom stereocenters. The number of ether oxygens (including phenoxy) is 1. The number of nitrogens with zero attached hydrogens (tertiary/aromatic N) is 3. The van der Waals surface area contributed by atoms with Gasteiger partial charge in [0.2, 0.25) is 0 Å². The molecule has 1 aliphatic carbocycles. The van der Waals surface area contributed by atoms with Gasteiger partial charge in [0.05, 0.1) is 17.8 Å². The molecule has 0 saturated heterocycles. The highest BCUT2D eigenvalue weighted by Crippen LogP contribution is 2.35. The third-order valence-corrected chi connectivity index (χ3v) is 6.65. The molecule has 1 atom stereocenters. The molecule has 0 bridgehead atoms. The summed E-state index contributed by atoms with van der Waals surface area (Å²) in [5.74, 6) is -3.45. The minimum Gasteiger partial charge on any atom is -0.477 e. The molecule has 5 rings (SSSR count). The van der Waals surface area contributed by atoms with Crippen LogP contribution in [0.15, 0.2) is 48.7 Å². The van der Waals surface area contributed by atoms with E-state index in [9.17, 15) is 28.3 Å². The fourth-order valence-corrected chi connectivity index (χ4v) is 4.64. The third kappa shape index (κ3) is 7.39. The van der Waals surface area contributed by atoms with E-state index < -0.39 is 35.0 Å². The van der Waals surface area contributed by atoms with Crippen molar-refractivity contribution in [2.24, 2.45) is 5.73 Å². The molecule has 0 saturated carbocycles. The molecule has 2 aromatic heterocycles. The number of nitrogens with one attached hydrogen (secondary N) is 1. The highest BCUT2D eigenvalue weighted by Gasteiger charge is 2.30. The molecule has 0 spiro atoms. The lowest BCUT2D eigenvalue weighted by Crippen LogP contribution is -2.29. The normalized spacial score (nSPS) is 13.8. The number of benzene rings is 2. The maximum Gasteiger partial charge on any atom is 0.354 e. The highest BCUT2D eigenvalue weighted by molar-refractivity contribution is 5.96. The standard InChI is InChI=1S/C23H23FN4O5.C7H8FN.CH4/c1-11-12-7-8-16(14(12)6-5-13(11)22(32)33-23(2,3)4)27-20(29)18-9-17(21(30)31)26-19-15(24)10-25-28(18)19;8-7-3-1-6(5-9)2-4-7;/h5-6,9-10,16H,7-8H2,1-4H3,(H,27,29)(H,30,31);1-4H,5,9H2;1H4/t16-;;/m0../s1. The van der Waals surface area contributed by atoms with E-state index in [1.165, 1.54) is 12.1 Å². The zero-order chi connectivity index (χ0) is 30.8. The largest absolute Gasteiger partial charge is 0.477 e. The molecule has 4 N–H and O–H groups in total. The van der Waals surface area contributed by atoms with Gasteiger partial charge in [-0.25, -0.2) is 27.9 Å². The summed E-state index contributed by atoms with van der Waals surface area (Å²) in [6.45, 7) is 7.73. The number of amides is 1. The van der Waals surface area contributed by atoms with Gasteiger partial charge in [0.1, 0.15) is 17.1 Å². The molecule has 0 aliphatic heterocycles. The molecule has 43 heavy (non-hydrogen) atoms. The predicted octanol–water partition coefficient (Wildman–Crippen LogP) is 5.17. The van der Waals surface area contributed by atoms with Crippen LogP contribution in [-0.4, -0.2) is 43.2 Å². The van der Waals surface area contributed by atoms with Gasteiger partial charge in [-0.15, -0.1) is 0 Å². The van der Waals surface area contributed by atoms with E-state index in [0.29, 0.717) is 24.9 Å². The molecular weight excluding hydrogens is 560 g/mol. The van der Waals surface area contributed by atoms with Gasteiger partial charge in [0.25, 0.3) is 5.91 Å². The van der Waals surface area contributed by atoms with Gasteiger partial charge in [-0.05, 0) is 81.0 Å². The van der Waals surface area contributed by atoms with Crippen molar-refractivity contribution in [3.05, 3.63) is 99.5 Å². The van der Waals surface area contributed by atoms with Crippen LogP contribution in [0.2, 0.25) is 0 Å². The Morgan fingerprint density at radius 1 is 1.14 bits per heavy atom. The summed E-state index contributed by atoms with van der Waals surface area (Å²) in [6, 6.07) is 10.3. The minimum atomic E-state index is -1.39. The topological polar surface area (TPSA) is 149 Å². The smallest absolute Gasteiger partial charge is 0.354 e. The Balaban J connectivity index is 0.000000435. The lowest BCUT2D eigenvalue weighted by Gasteiger charge is -2.21. The molecule has 228 valence electrons. The second-order valence-corrected chi connectivity index (χ2v) is 10.8. The quantitative estimate of drug-likeness (QED) is 0.268. The van der Waals surface area contributed by atoms with Crippen LogP contribution in [0.3, 0.4) is 0 Å². The summed E-state index contributed by atoms with van der Waals surface area (Å²) >= 11 is 0. The maximum absolute atomic E-state index is 14.0. The molecule has 0 radical (unpaired) electrons. The van der Waals surface area contributed by atoms with E-state index in [1.807, 2.05) is 6.92 Å². The Morgan fingerprint density at radius 3 is 2.42 bits per heavy atom. The van der Waals surface area contributed by atoms with Crippen LogP contribution in [-0.2, 0) is 17.7 Å². The van der Waals surface area contributed by atoms with Gasteiger partial charge >= 0.3 is 11.9 Å². The summed E-state index contributed by atoms with van der Waals surface area (Å²) in [7, 11) is 0. The predicted molar refractivity (Wildman–Crippen MR) is 156 cm³/mol. The SMILES string of the molecule is C.Cc1c(C(=O)OC(C)(C)C)ccc2c1CC[C@@H]2NC(=O)c1cc(C(=O)O)nc2c(F)cnn12.NCc1ccc(F)cc1. The molecule has 2 heterocycles. The third-order valence-electron chi connectivity index (χ3n) is 6.65. The Morgan fingerprint density at radius 2 is 1.81 bits per heavy atom. The second-order valence-electron chi connectivity index (χ2n) is 10.8. The van der Waals surface area contributed by atoms with Gasteiger partial charge in [0, 0.05) is 12.6 Å². The Hall–Kier alpha value is -4.71. The number of hydrogen-bond donors (Lipinski definition) is 3. The average Bonchev–Trinajstić information content (AvgIpc) is 3.51. The number of esters is 1. The lowest BCUT2D eigenvalue weighted by atomic mass is 9.97. The second kappa shape index (κ2) is 13.1. The van der Waals surface area contributed by atoms with Crippen molar-refractivity contribution >= 4 is 23.5 Å². The Labute approximate surface area is 247 Å². The number of hydrogen-bond acceptors (Lipinski definition) is 7. The number of carboxylic acids is 1. The van der Waals surface area contributed by atoms with Gasteiger partial charge in [-0.3, -0.25) is 4.79 Å². The Bertz CT molecular complexity index is 1660. The van der Waals surface area contributed by atoms with Crippen molar-refractivity contribution < 1.29 is 33.0 Å². The Kier molecular flexibility index (Phi) is 9.97. The maximum atomic E-state index is 14.0. The monoisotopic (exact) mass is 595 g/mol. The average molecular weight is 596 g/mol. The van der Waals surface area contributed by atoms with Crippen LogP contribution in [0.25, 0.3) is 5.65 Å². The zero-order valence-corrected chi connectivity index (χ0v) is 23.6. The van der Waals surface area contributed by atoms with Crippen molar-refractivity contribution in [1.82, 2.24) is 19.9 Å². The summed E-state index contributed by atoms with van der Waals surface area (Å²) < 4.78 is 32.6. The number of rotatable bonds is 5. The van der Waals surface area contributed by atoms with Crippen molar-refractivity contribution in [2.45, 2.75) is 66.2 Å². The number of nitrogens with two attached hydrogens (primary N) is 1. The van der Waals surface area contributed by atoms with Crippen LogP contribution < -0.4 is 11.1 Å². The molecule has 0 fully saturated rings. The van der Waals surface area contributed by atoms with Crippen LogP contribution in [0.1, 0.15) is 94.2 Å². The fourth-order valence-electron chi connectivity index (χ4n) is 4.64. The molecule has 10 nitrogen and oxygen atoms in total. The summed E-state index contributed by atoms with van der Waals surface area (Å²) in [5.41, 5.74) is 7.77. The number of aromatic carboxylic acids is 1. The van der Waals surface area contributed by atoms with Crippen LogP contribution >= 0.6 is 0 Å². The van der Waals surface area contributed by atoms with Crippen LogP contribution in [0, 0.1) is 18.6 Å². The van der Waals surface area contributed by atoms with Gasteiger partial charge in [-0.1, -0.05) is 25.6 Å². The first-order valence-corrected chi connectivity index (χ1v) is 13.2. The van der Waals surface area contributed by atoms with E-state index in [2.05, 4.69) is 15.4 Å². The van der Waals surface area contributed by atoms with E-state index in [-0.39, 0.29) is 30.6 Å². The molecule has 4 aromatic rings. The van der Waals surface area contributed by atoms with E-state index in [1.54, 1.807) is 45.0 Å². The summed E-state index contributed by atoms with van der Waals surface area (Å²) in [6.07, 6.45) is 2.11. The van der Waals surface area contributed by atoms with Crippen molar-refractivity contribution in [1.29, 1.82) is 0 Å². The number of fused-ring (bicyclic) bond motifs is 2. The molecular formula is C31H35F2N5O5. The number of carbonyl (C=O) groups excluding carboxylic acids is 2. The summed E-state index contributed by atoms with van der Waals surface area (Å²) in [4.78, 5) is 40.7. The van der Waals surface area contributed by atoms with E-state index in [0.717, 1.165) is 39.0 Å². The molecule has 2 aromatic carbocycles. The first-order chi connectivity index (χ1) is 19.8.